The van der Waals surface area contributed by atoms with Gasteiger partial charge in [-0.2, -0.15) is 5.10 Å². The largest absolute Gasteiger partial charge is 0.310 e. The molecule has 0 bridgehead atoms. The van der Waals surface area contributed by atoms with Crippen molar-refractivity contribution in [1.29, 1.82) is 0 Å². The maximum Gasteiger partial charge on any atom is 0.0532 e. The third kappa shape index (κ3) is 2.35. The highest BCUT2D eigenvalue weighted by Crippen LogP contribution is 2.27. The maximum absolute atomic E-state index is 3.93. The number of aromatic nitrogens is 2. The van der Waals surface area contributed by atoms with Gasteiger partial charge in [0, 0.05) is 24.3 Å². The molecule has 1 atom stereocenters. The van der Waals surface area contributed by atoms with E-state index in [1.165, 1.54) is 31.2 Å². The van der Waals surface area contributed by atoms with Gasteiger partial charge >= 0.3 is 0 Å². The van der Waals surface area contributed by atoms with Crippen LogP contribution in [0.5, 0.6) is 0 Å². The maximum atomic E-state index is 3.93. The number of nitrogens with one attached hydrogen (secondary N) is 2. The van der Waals surface area contributed by atoms with Crippen LogP contribution in [0.4, 0.5) is 0 Å². The summed E-state index contributed by atoms with van der Waals surface area (Å²) in [6, 6.07) is 0.646. The Labute approximate surface area is 85.3 Å². The molecule has 3 nitrogen and oxygen atoms in total. The fourth-order valence-corrected chi connectivity index (χ4v) is 2.28. The van der Waals surface area contributed by atoms with Crippen LogP contribution in [0.1, 0.15) is 38.2 Å². The van der Waals surface area contributed by atoms with Crippen molar-refractivity contribution in [2.24, 2.45) is 5.92 Å². The SMILES string of the molecule is CC(NCc1cn[nH]c1)C1CCCC1. The van der Waals surface area contributed by atoms with Gasteiger partial charge in [-0.15, -0.1) is 0 Å². The van der Waals surface area contributed by atoms with E-state index in [1.807, 2.05) is 12.4 Å². The molecule has 2 rings (SSSR count). The fourth-order valence-electron chi connectivity index (χ4n) is 2.28. The number of nitrogens with zero attached hydrogens (tertiary/aromatic N) is 1. The van der Waals surface area contributed by atoms with Gasteiger partial charge in [-0.05, 0) is 25.7 Å². The van der Waals surface area contributed by atoms with Crippen molar-refractivity contribution in [1.82, 2.24) is 15.5 Å². The van der Waals surface area contributed by atoms with Crippen LogP contribution in [0.15, 0.2) is 12.4 Å². The minimum atomic E-state index is 0.646. The predicted octanol–water partition coefficient (Wildman–Crippen LogP) is 2.08. The van der Waals surface area contributed by atoms with Crippen molar-refractivity contribution in [3.8, 4) is 0 Å². The van der Waals surface area contributed by atoms with Crippen molar-refractivity contribution < 1.29 is 0 Å². The summed E-state index contributed by atoms with van der Waals surface area (Å²) >= 11 is 0. The Morgan fingerprint density at radius 3 is 3.00 bits per heavy atom. The standard InChI is InChI=1S/C11H19N3/c1-9(11-4-2-3-5-11)12-6-10-7-13-14-8-10/h7-9,11-12H,2-6H2,1H3,(H,13,14). The Hall–Kier alpha value is -0.830. The van der Waals surface area contributed by atoms with Crippen LogP contribution in [-0.4, -0.2) is 16.2 Å². The molecule has 0 aliphatic heterocycles. The van der Waals surface area contributed by atoms with Crippen LogP contribution in [0.25, 0.3) is 0 Å². The zero-order valence-corrected chi connectivity index (χ0v) is 8.79. The molecule has 78 valence electrons. The van der Waals surface area contributed by atoms with Crippen molar-refractivity contribution in [2.45, 2.75) is 45.2 Å². The van der Waals surface area contributed by atoms with Crippen LogP contribution in [0, 0.1) is 5.92 Å². The van der Waals surface area contributed by atoms with Gasteiger partial charge in [0.2, 0.25) is 0 Å². The molecule has 1 heterocycles. The van der Waals surface area contributed by atoms with Crippen molar-refractivity contribution in [3.63, 3.8) is 0 Å². The number of rotatable bonds is 4. The van der Waals surface area contributed by atoms with Crippen molar-refractivity contribution in [2.75, 3.05) is 0 Å². The quantitative estimate of drug-likeness (QED) is 0.768. The summed E-state index contributed by atoms with van der Waals surface area (Å²) in [6.07, 6.45) is 9.48. The average molecular weight is 193 g/mol. The van der Waals surface area contributed by atoms with Gasteiger partial charge in [0.05, 0.1) is 6.20 Å². The van der Waals surface area contributed by atoms with Gasteiger partial charge in [-0.25, -0.2) is 0 Å². The van der Waals surface area contributed by atoms with Crippen LogP contribution < -0.4 is 5.32 Å². The second-order valence-corrected chi connectivity index (χ2v) is 4.32. The minimum absolute atomic E-state index is 0.646. The van der Waals surface area contributed by atoms with E-state index in [1.54, 1.807) is 0 Å². The first-order chi connectivity index (χ1) is 6.86. The smallest absolute Gasteiger partial charge is 0.0532 e. The Morgan fingerprint density at radius 2 is 2.36 bits per heavy atom. The fraction of sp³-hybridized carbons (Fsp3) is 0.727. The molecule has 1 saturated carbocycles. The van der Waals surface area contributed by atoms with E-state index in [-0.39, 0.29) is 0 Å². The van der Waals surface area contributed by atoms with Gasteiger partial charge in [0.15, 0.2) is 0 Å². The Balaban J connectivity index is 1.74. The monoisotopic (exact) mass is 193 g/mol. The van der Waals surface area contributed by atoms with Gasteiger partial charge in [-0.3, -0.25) is 5.10 Å². The average Bonchev–Trinajstić information content (AvgIpc) is 2.87. The predicted molar refractivity (Wildman–Crippen MR) is 56.8 cm³/mol. The zero-order valence-electron chi connectivity index (χ0n) is 8.79. The zero-order chi connectivity index (χ0) is 9.80. The highest BCUT2D eigenvalue weighted by atomic mass is 15.1. The van der Waals surface area contributed by atoms with Crippen LogP contribution in [-0.2, 0) is 6.54 Å². The topological polar surface area (TPSA) is 40.7 Å². The van der Waals surface area contributed by atoms with E-state index in [0.29, 0.717) is 6.04 Å². The minimum Gasteiger partial charge on any atom is -0.310 e. The number of H-pyrrole nitrogens is 1. The first-order valence-electron chi connectivity index (χ1n) is 5.57. The molecule has 0 saturated heterocycles. The lowest BCUT2D eigenvalue weighted by Gasteiger charge is -2.19. The lowest BCUT2D eigenvalue weighted by molar-refractivity contribution is 0.380. The highest BCUT2D eigenvalue weighted by Gasteiger charge is 2.20. The Morgan fingerprint density at radius 1 is 1.57 bits per heavy atom. The lowest BCUT2D eigenvalue weighted by Crippen LogP contribution is -2.31. The molecule has 1 aromatic rings. The van der Waals surface area contributed by atoms with Gasteiger partial charge < -0.3 is 5.32 Å². The third-order valence-corrected chi connectivity index (χ3v) is 3.29. The summed E-state index contributed by atoms with van der Waals surface area (Å²) in [5, 5.41) is 10.3. The van der Waals surface area contributed by atoms with Gasteiger partial charge in [-0.1, -0.05) is 12.8 Å². The molecule has 3 heteroatoms. The molecule has 0 spiro atoms. The summed E-state index contributed by atoms with van der Waals surface area (Å²) < 4.78 is 0. The molecule has 1 fully saturated rings. The van der Waals surface area contributed by atoms with E-state index in [2.05, 4.69) is 22.4 Å². The van der Waals surface area contributed by atoms with E-state index < -0.39 is 0 Å². The van der Waals surface area contributed by atoms with Crippen LogP contribution in [0.2, 0.25) is 0 Å². The Bertz CT molecular complexity index is 250. The van der Waals surface area contributed by atoms with Crippen molar-refractivity contribution >= 4 is 0 Å². The molecule has 1 aliphatic rings. The molecular weight excluding hydrogens is 174 g/mol. The number of aromatic amines is 1. The molecule has 1 aromatic heterocycles. The lowest BCUT2D eigenvalue weighted by atomic mass is 10.00. The van der Waals surface area contributed by atoms with E-state index in [0.717, 1.165) is 12.5 Å². The van der Waals surface area contributed by atoms with Gasteiger partial charge in [0.1, 0.15) is 0 Å². The van der Waals surface area contributed by atoms with Gasteiger partial charge in [0.25, 0.3) is 0 Å². The van der Waals surface area contributed by atoms with Crippen LogP contribution in [0.3, 0.4) is 0 Å². The summed E-state index contributed by atoms with van der Waals surface area (Å²) in [4.78, 5) is 0. The third-order valence-electron chi connectivity index (χ3n) is 3.29. The molecule has 1 unspecified atom stereocenters. The molecule has 14 heavy (non-hydrogen) atoms. The van der Waals surface area contributed by atoms with Crippen LogP contribution >= 0.6 is 0 Å². The van der Waals surface area contributed by atoms with E-state index in [4.69, 9.17) is 0 Å². The summed E-state index contributed by atoms with van der Waals surface area (Å²) in [5.41, 5.74) is 1.25. The van der Waals surface area contributed by atoms with E-state index >= 15 is 0 Å². The first-order valence-corrected chi connectivity index (χ1v) is 5.57. The molecule has 0 aromatic carbocycles. The van der Waals surface area contributed by atoms with E-state index in [9.17, 15) is 0 Å². The Kier molecular flexibility index (Phi) is 3.19. The molecule has 1 aliphatic carbocycles. The normalized spacial score (nSPS) is 20.1. The first kappa shape index (κ1) is 9.71. The second kappa shape index (κ2) is 4.60. The molecule has 0 amide bonds. The molecule has 2 N–H and O–H groups in total. The summed E-state index contributed by atoms with van der Waals surface area (Å²) in [6.45, 7) is 3.24. The summed E-state index contributed by atoms with van der Waals surface area (Å²) in [7, 11) is 0. The number of hydrogen-bond acceptors (Lipinski definition) is 2. The molecular formula is C11H19N3. The summed E-state index contributed by atoms with van der Waals surface area (Å²) in [5.74, 6) is 0.891. The number of hydrogen-bond donors (Lipinski definition) is 2. The molecule has 0 radical (unpaired) electrons. The van der Waals surface area contributed by atoms with Crippen molar-refractivity contribution in [3.05, 3.63) is 18.0 Å². The second-order valence-electron chi connectivity index (χ2n) is 4.32. The highest BCUT2D eigenvalue weighted by molar-refractivity contribution is 5.01.